The zero-order valence-corrected chi connectivity index (χ0v) is 19.1. The second-order valence-corrected chi connectivity index (χ2v) is 8.34. The number of likely N-dealkylation sites (tertiary alicyclic amines) is 1. The summed E-state index contributed by atoms with van der Waals surface area (Å²) in [7, 11) is 0. The molecule has 11 heteroatoms. The minimum Gasteiger partial charge on any atom is -0.478 e. The average Bonchev–Trinajstić information content (AvgIpc) is 3.40. The van der Waals surface area contributed by atoms with Crippen LogP contribution < -0.4 is 5.32 Å². The number of nitrogens with one attached hydrogen (secondary N) is 1. The molecule has 1 fully saturated rings. The molecular weight excluding hydrogens is 474 g/mol. The molecule has 2 amide bonds. The Labute approximate surface area is 204 Å². The van der Waals surface area contributed by atoms with E-state index in [9.17, 15) is 28.0 Å². The van der Waals surface area contributed by atoms with Crippen LogP contribution in [0.5, 0.6) is 0 Å². The predicted octanol–water partition coefficient (Wildman–Crippen LogP) is 3.05. The minimum atomic E-state index is -1.46. The second-order valence-electron chi connectivity index (χ2n) is 8.34. The van der Waals surface area contributed by atoms with Gasteiger partial charge in [0, 0.05) is 30.4 Å². The van der Waals surface area contributed by atoms with Crippen molar-refractivity contribution >= 4 is 46.2 Å². The molecule has 1 aliphatic heterocycles. The van der Waals surface area contributed by atoms with Crippen LogP contribution in [0.1, 0.15) is 29.4 Å². The molecule has 1 aliphatic rings. The standard InChI is InChI=1S/C25H22F2N4O5/c1-14(32)24-17-6-2-3-8-19(17)31(29-24)13-21(33)30-12-16(26)11-20(30)25(36)28-18-7-4-5-15(23(18)27)9-10-22(34)35/h2-10,16,20H,11-13H2,1H3,(H,28,36)(H,34,35)/t16-,20+/m1/s1. The van der Waals surface area contributed by atoms with Gasteiger partial charge in [0.25, 0.3) is 0 Å². The number of para-hydroxylation sites is 1. The molecule has 2 aromatic carbocycles. The van der Waals surface area contributed by atoms with Crippen molar-refractivity contribution in [1.29, 1.82) is 0 Å². The summed E-state index contributed by atoms with van der Waals surface area (Å²) in [6.07, 6.45) is 0.0728. The number of anilines is 1. The lowest BCUT2D eigenvalue weighted by atomic mass is 10.1. The number of aromatic nitrogens is 2. The van der Waals surface area contributed by atoms with Crippen LogP contribution in [-0.2, 0) is 20.9 Å². The van der Waals surface area contributed by atoms with Crippen molar-refractivity contribution in [3.05, 3.63) is 65.6 Å². The molecule has 0 saturated carbocycles. The van der Waals surface area contributed by atoms with Crippen molar-refractivity contribution in [3.8, 4) is 0 Å². The van der Waals surface area contributed by atoms with Crippen LogP contribution in [0.3, 0.4) is 0 Å². The van der Waals surface area contributed by atoms with Crippen LogP contribution in [0.2, 0.25) is 0 Å². The van der Waals surface area contributed by atoms with Gasteiger partial charge in [0.2, 0.25) is 11.8 Å². The molecule has 0 bridgehead atoms. The fraction of sp³-hybridized carbons (Fsp3) is 0.240. The normalized spacial score (nSPS) is 17.6. The summed E-state index contributed by atoms with van der Waals surface area (Å²) in [6.45, 7) is 0.717. The first-order chi connectivity index (χ1) is 17.2. The fourth-order valence-corrected chi connectivity index (χ4v) is 4.19. The molecule has 9 nitrogen and oxygen atoms in total. The third kappa shape index (κ3) is 4.99. The van der Waals surface area contributed by atoms with E-state index < -0.39 is 35.8 Å². The van der Waals surface area contributed by atoms with E-state index >= 15 is 0 Å². The van der Waals surface area contributed by atoms with Crippen molar-refractivity contribution < 1.29 is 33.1 Å². The van der Waals surface area contributed by atoms with E-state index in [2.05, 4.69) is 10.4 Å². The zero-order valence-electron chi connectivity index (χ0n) is 19.1. The Morgan fingerprint density at radius 2 is 1.92 bits per heavy atom. The molecule has 1 aromatic heterocycles. The minimum absolute atomic E-state index is 0.0650. The van der Waals surface area contributed by atoms with Gasteiger partial charge in [-0.3, -0.25) is 19.1 Å². The maximum atomic E-state index is 14.8. The summed E-state index contributed by atoms with van der Waals surface area (Å²) < 4.78 is 30.4. The number of alkyl halides is 1. The first-order valence-electron chi connectivity index (χ1n) is 11.1. The Morgan fingerprint density at radius 3 is 2.64 bits per heavy atom. The van der Waals surface area contributed by atoms with Gasteiger partial charge < -0.3 is 15.3 Å². The number of halogens is 2. The van der Waals surface area contributed by atoms with Gasteiger partial charge in [0.05, 0.1) is 17.7 Å². The Balaban J connectivity index is 1.54. The number of nitrogens with zero attached hydrogens (tertiary/aromatic N) is 3. The van der Waals surface area contributed by atoms with Crippen LogP contribution in [0.25, 0.3) is 17.0 Å². The third-order valence-corrected chi connectivity index (χ3v) is 5.84. The molecule has 0 radical (unpaired) electrons. The van der Waals surface area contributed by atoms with Gasteiger partial charge in [-0.25, -0.2) is 13.6 Å². The van der Waals surface area contributed by atoms with Gasteiger partial charge in [-0.2, -0.15) is 5.10 Å². The Kier molecular flexibility index (Phi) is 6.91. The molecular formula is C25H22F2N4O5. The summed E-state index contributed by atoms with van der Waals surface area (Å²) in [5.41, 5.74) is 0.447. The number of rotatable bonds is 7. The Bertz CT molecular complexity index is 1400. The third-order valence-electron chi connectivity index (χ3n) is 5.84. The number of carboxylic acids is 1. The summed E-state index contributed by atoms with van der Waals surface area (Å²) in [5, 5.41) is 15.9. The van der Waals surface area contributed by atoms with Gasteiger partial charge in [0.1, 0.15) is 24.5 Å². The number of hydrogen-bond donors (Lipinski definition) is 2. The van der Waals surface area contributed by atoms with Crippen LogP contribution in [0, 0.1) is 5.82 Å². The largest absolute Gasteiger partial charge is 0.478 e. The Hall–Kier alpha value is -4.41. The van der Waals surface area contributed by atoms with Crippen molar-refractivity contribution in [2.45, 2.75) is 32.1 Å². The Morgan fingerprint density at radius 1 is 1.17 bits per heavy atom. The number of amides is 2. The van der Waals surface area contributed by atoms with Gasteiger partial charge in [-0.05, 0) is 18.2 Å². The van der Waals surface area contributed by atoms with E-state index in [1.807, 2.05) is 0 Å². The highest BCUT2D eigenvalue weighted by Gasteiger charge is 2.40. The molecule has 3 aromatic rings. The first kappa shape index (κ1) is 24.7. The summed E-state index contributed by atoms with van der Waals surface area (Å²) in [5.74, 6) is -3.77. The number of fused-ring (bicyclic) bond motifs is 1. The van der Waals surface area contributed by atoms with Crippen molar-refractivity contribution in [2.75, 3.05) is 11.9 Å². The van der Waals surface area contributed by atoms with Crippen LogP contribution >= 0.6 is 0 Å². The number of benzene rings is 2. The summed E-state index contributed by atoms with van der Waals surface area (Å²) in [6, 6.07) is 9.70. The first-order valence-corrected chi connectivity index (χ1v) is 11.1. The molecule has 2 heterocycles. The number of ketones is 1. The highest BCUT2D eigenvalue weighted by molar-refractivity contribution is 6.05. The van der Waals surface area contributed by atoms with E-state index in [0.29, 0.717) is 10.9 Å². The molecule has 0 unspecified atom stereocenters. The molecule has 0 aliphatic carbocycles. The van der Waals surface area contributed by atoms with E-state index in [4.69, 9.17) is 5.11 Å². The van der Waals surface area contributed by atoms with Crippen LogP contribution in [-0.4, -0.2) is 62.1 Å². The number of carbonyl (C=O) groups is 4. The van der Waals surface area contributed by atoms with E-state index in [-0.39, 0.29) is 42.2 Å². The highest BCUT2D eigenvalue weighted by Crippen LogP contribution is 2.26. The number of hydrogen-bond acceptors (Lipinski definition) is 5. The highest BCUT2D eigenvalue weighted by atomic mass is 19.1. The van der Waals surface area contributed by atoms with Crippen molar-refractivity contribution in [1.82, 2.24) is 14.7 Å². The number of carbonyl (C=O) groups excluding carboxylic acids is 3. The van der Waals surface area contributed by atoms with E-state index in [1.54, 1.807) is 24.3 Å². The number of Topliss-reactive ketones (excluding diaryl/α,β-unsaturated/α-hetero) is 1. The number of aliphatic carboxylic acids is 1. The smallest absolute Gasteiger partial charge is 0.328 e. The van der Waals surface area contributed by atoms with Gasteiger partial charge >= 0.3 is 5.97 Å². The lowest BCUT2D eigenvalue weighted by molar-refractivity contribution is -0.137. The predicted molar refractivity (Wildman–Crippen MR) is 126 cm³/mol. The topological polar surface area (TPSA) is 122 Å². The molecule has 1 saturated heterocycles. The van der Waals surface area contributed by atoms with Gasteiger partial charge in [0.15, 0.2) is 11.6 Å². The molecule has 0 spiro atoms. The summed E-state index contributed by atoms with van der Waals surface area (Å²) in [4.78, 5) is 49.8. The second kappa shape index (κ2) is 10.1. The average molecular weight is 496 g/mol. The molecule has 2 N–H and O–H groups in total. The van der Waals surface area contributed by atoms with Crippen LogP contribution in [0.15, 0.2) is 48.5 Å². The quantitative estimate of drug-likeness (QED) is 0.383. The van der Waals surface area contributed by atoms with Crippen molar-refractivity contribution in [3.63, 3.8) is 0 Å². The number of carboxylic acid groups (broad SMARTS) is 1. The molecule has 36 heavy (non-hydrogen) atoms. The maximum Gasteiger partial charge on any atom is 0.328 e. The summed E-state index contributed by atoms with van der Waals surface area (Å²) >= 11 is 0. The molecule has 186 valence electrons. The van der Waals surface area contributed by atoms with Gasteiger partial charge in [-0.15, -0.1) is 0 Å². The monoisotopic (exact) mass is 496 g/mol. The van der Waals surface area contributed by atoms with E-state index in [1.165, 1.54) is 29.8 Å². The lowest BCUT2D eigenvalue weighted by Crippen LogP contribution is -2.44. The molecule has 4 rings (SSSR count). The van der Waals surface area contributed by atoms with Crippen molar-refractivity contribution in [2.24, 2.45) is 0 Å². The lowest BCUT2D eigenvalue weighted by Gasteiger charge is -2.24. The zero-order chi connectivity index (χ0) is 26.0. The molecule has 2 atom stereocenters. The fourth-order valence-electron chi connectivity index (χ4n) is 4.19. The van der Waals surface area contributed by atoms with Gasteiger partial charge in [-0.1, -0.05) is 30.3 Å². The maximum absolute atomic E-state index is 14.8. The van der Waals surface area contributed by atoms with Crippen LogP contribution in [0.4, 0.5) is 14.5 Å². The SMILES string of the molecule is CC(=O)c1nn(CC(=O)N2C[C@H](F)C[C@H]2C(=O)Nc2cccc(C=CC(=O)O)c2F)c2ccccc12. The van der Waals surface area contributed by atoms with E-state index in [0.717, 1.165) is 17.1 Å².